The van der Waals surface area contributed by atoms with Crippen molar-refractivity contribution in [3.8, 4) is 17.2 Å². The SMILES string of the molecule is COC(=O)CNc1nc(F)c(Cl)c(Oc2ccc(OC)c(S(=O)(=O)Nc3ccc(F)cc3)c2)c1Cl. The van der Waals surface area contributed by atoms with Crippen LogP contribution >= 0.6 is 23.2 Å². The van der Waals surface area contributed by atoms with E-state index in [4.69, 9.17) is 32.7 Å². The van der Waals surface area contributed by atoms with Crippen LogP contribution in [0.1, 0.15) is 0 Å². The minimum absolute atomic E-state index is 0.0366. The smallest absolute Gasteiger partial charge is 0.325 e. The van der Waals surface area contributed by atoms with Gasteiger partial charge in [0.2, 0.25) is 5.95 Å². The van der Waals surface area contributed by atoms with Gasteiger partial charge in [-0.2, -0.15) is 9.37 Å². The number of benzene rings is 2. The first-order valence-electron chi connectivity index (χ1n) is 9.55. The van der Waals surface area contributed by atoms with Gasteiger partial charge in [-0.15, -0.1) is 0 Å². The van der Waals surface area contributed by atoms with Crippen molar-refractivity contribution in [3.05, 3.63) is 64.3 Å². The third-order valence-corrected chi connectivity index (χ3v) is 6.45. The first-order valence-corrected chi connectivity index (χ1v) is 11.8. The predicted octanol–water partition coefficient (Wildman–Crippen LogP) is 4.85. The Bertz CT molecular complexity index is 1360. The summed E-state index contributed by atoms with van der Waals surface area (Å²) >= 11 is 12.2. The average Bonchev–Trinajstić information content (AvgIpc) is 2.84. The fourth-order valence-electron chi connectivity index (χ4n) is 2.71. The number of rotatable bonds is 9. The van der Waals surface area contributed by atoms with Crippen molar-refractivity contribution in [2.75, 3.05) is 30.8 Å². The summed E-state index contributed by atoms with van der Waals surface area (Å²) in [6.45, 7) is -0.371. The maximum absolute atomic E-state index is 14.3. The van der Waals surface area contributed by atoms with Crippen molar-refractivity contribution < 1.29 is 36.2 Å². The lowest BCUT2D eigenvalue weighted by Crippen LogP contribution is -2.16. The molecule has 3 aromatic rings. The number of pyridine rings is 1. The van der Waals surface area contributed by atoms with Crippen molar-refractivity contribution in [2.24, 2.45) is 0 Å². The Morgan fingerprint density at radius 1 is 1.06 bits per heavy atom. The molecule has 2 N–H and O–H groups in total. The van der Waals surface area contributed by atoms with Crippen LogP contribution in [0.15, 0.2) is 47.4 Å². The van der Waals surface area contributed by atoms with Crippen LogP contribution in [-0.4, -0.2) is 40.1 Å². The first-order chi connectivity index (χ1) is 16.6. The van der Waals surface area contributed by atoms with Crippen LogP contribution in [0.4, 0.5) is 20.3 Å². The second-order valence-electron chi connectivity index (χ2n) is 6.67. The molecule has 0 amide bonds. The van der Waals surface area contributed by atoms with E-state index >= 15 is 0 Å². The molecule has 1 heterocycles. The van der Waals surface area contributed by atoms with Gasteiger partial charge in [-0.05, 0) is 36.4 Å². The number of halogens is 4. The zero-order valence-electron chi connectivity index (χ0n) is 18.1. The van der Waals surface area contributed by atoms with Crippen LogP contribution in [0.2, 0.25) is 10.0 Å². The summed E-state index contributed by atoms with van der Waals surface area (Å²) in [5.74, 6) is -3.14. The van der Waals surface area contributed by atoms with Gasteiger partial charge in [0.15, 0.2) is 11.6 Å². The minimum Gasteiger partial charge on any atom is -0.495 e. The summed E-state index contributed by atoms with van der Waals surface area (Å²) in [7, 11) is -1.81. The lowest BCUT2D eigenvalue weighted by molar-refractivity contribution is -0.138. The van der Waals surface area contributed by atoms with E-state index in [9.17, 15) is 22.0 Å². The van der Waals surface area contributed by atoms with Gasteiger partial charge < -0.3 is 19.5 Å². The number of carbonyl (C=O) groups is 1. The quantitative estimate of drug-likeness (QED) is 0.288. The number of ether oxygens (including phenoxy) is 3. The van der Waals surface area contributed by atoms with Crippen molar-refractivity contribution >= 4 is 50.7 Å². The largest absolute Gasteiger partial charge is 0.495 e. The number of sulfonamides is 1. The van der Waals surface area contributed by atoms with E-state index in [1.165, 1.54) is 31.4 Å². The number of esters is 1. The Balaban J connectivity index is 1.97. The van der Waals surface area contributed by atoms with E-state index < -0.39 is 32.8 Å². The molecule has 14 heteroatoms. The zero-order chi connectivity index (χ0) is 25.8. The van der Waals surface area contributed by atoms with Gasteiger partial charge in [-0.3, -0.25) is 9.52 Å². The molecule has 0 saturated carbocycles. The van der Waals surface area contributed by atoms with Gasteiger partial charge in [-0.1, -0.05) is 23.2 Å². The molecule has 0 fully saturated rings. The summed E-state index contributed by atoms with van der Waals surface area (Å²) in [5, 5.41) is 1.64. The van der Waals surface area contributed by atoms with Crippen molar-refractivity contribution in [2.45, 2.75) is 4.90 Å². The Hall–Kier alpha value is -3.35. The number of carbonyl (C=O) groups excluding carboxylic acids is 1. The summed E-state index contributed by atoms with van der Waals surface area (Å²) in [5.41, 5.74) is 0.100. The third kappa shape index (κ3) is 6.21. The topological polar surface area (TPSA) is 116 Å². The molecule has 0 bridgehead atoms. The van der Waals surface area contributed by atoms with Crippen molar-refractivity contribution in [1.29, 1.82) is 0 Å². The summed E-state index contributed by atoms with van der Waals surface area (Å²) in [6, 6.07) is 8.37. The van der Waals surface area contributed by atoms with Gasteiger partial charge in [0.25, 0.3) is 10.0 Å². The predicted molar refractivity (Wildman–Crippen MR) is 125 cm³/mol. The standard InChI is InChI=1S/C21H17Cl2F2N3O6S/c1-32-14-8-7-13(9-15(14)35(30,31)28-12-5-3-11(24)4-6-12)34-19-17(22)20(25)27-21(18(19)23)26-10-16(29)33-2/h3-9,28H,10H2,1-2H3,(H,26,27). The van der Waals surface area contributed by atoms with E-state index in [2.05, 4.69) is 19.8 Å². The maximum Gasteiger partial charge on any atom is 0.325 e. The lowest BCUT2D eigenvalue weighted by atomic mass is 10.3. The molecule has 0 aliphatic rings. The van der Waals surface area contributed by atoms with Gasteiger partial charge in [0.05, 0.1) is 14.2 Å². The second kappa shape index (κ2) is 10.9. The highest BCUT2D eigenvalue weighted by atomic mass is 35.5. The molecule has 0 spiro atoms. The molecule has 0 atom stereocenters. The molecule has 0 aliphatic carbocycles. The summed E-state index contributed by atoms with van der Waals surface area (Å²) < 4.78 is 70.9. The molecule has 35 heavy (non-hydrogen) atoms. The molecular weight excluding hydrogens is 531 g/mol. The van der Waals surface area contributed by atoms with Crippen LogP contribution in [0.25, 0.3) is 0 Å². The van der Waals surface area contributed by atoms with Gasteiger partial charge in [0, 0.05) is 11.8 Å². The third-order valence-electron chi connectivity index (χ3n) is 4.37. The normalized spacial score (nSPS) is 11.0. The van der Waals surface area contributed by atoms with Gasteiger partial charge in [-0.25, -0.2) is 12.8 Å². The number of methoxy groups -OCH3 is 2. The molecule has 9 nitrogen and oxygen atoms in total. The van der Waals surface area contributed by atoms with Gasteiger partial charge in [0.1, 0.15) is 38.8 Å². The zero-order valence-corrected chi connectivity index (χ0v) is 20.4. The number of hydrogen-bond donors (Lipinski definition) is 2. The minimum atomic E-state index is -4.23. The molecule has 0 aliphatic heterocycles. The van der Waals surface area contributed by atoms with Crippen LogP contribution in [0.5, 0.6) is 17.2 Å². The first kappa shape index (κ1) is 26.3. The van der Waals surface area contributed by atoms with Crippen LogP contribution in [0.3, 0.4) is 0 Å². The Morgan fingerprint density at radius 2 is 1.74 bits per heavy atom. The average molecular weight is 548 g/mol. The summed E-state index contributed by atoms with van der Waals surface area (Å²) in [6.07, 6.45) is 0. The number of aromatic nitrogens is 1. The monoisotopic (exact) mass is 547 g/mol. The Labute approximate surface area is 209 Å². The molecule has 0 unspecified atom stereocenters. The number of anilines is 2. The maximum atomic E-state index is 14.3. The highest BCUT2D eigenvalue weighted by molar-refractivity contribution is 7.92. The van der Waals surface area contributed by atoms with Crippen LogP contribution in [0, 0.1) is 11.8 Å². The fourth-order valence-corrected chi connectivity index (χ4v) is 4.41. The van der Waals surface area contributed by atoms with Crippen molar-refractivity contribution in [3.63, 3.8) is 0 Å². The van der Waals surface area contributed by atoms with E-state index in [-0.39, 0.29) is 45.2 Å². The summed E-state index contributed by atoms with van der Waals surface area (Å²) in [4.78, 5) is 14.6. The number of nitrogens with zero attached hydrogens (tertiary/aromatic N) is 1. The van der Waals surface area contributed by atoms with E-state index in [1.54, 1.807) is 0 Å². The molecule has 2 aromatic carbocycles. The molecule has 0 saturated heterocycles. The Morgan fingerprint density at radius 3 is 2.37 bits per heavy atom. The Kier molecular flexibility index (Phi) is 8.20. The molecule has 0 radical (unpaired) electrons. The highest BCUT2D eigenvalue weighted by Crippen LogP contribution is 2.42. The van der Waals surface area contributed by atoms with Gasteiger partial charge >= 0.3 is 5.97 Å². The fraction of sp³-hybridized carbons (Fsp3) is 0.143. The lowest BCUT2D eigenvalue weighted by Gasteiger charge is -2.16. The number of nitrogens with one attached hydrogen (secondary N) is 2. The highest BCUT2D eigenvalue weighted by Gasteiger charge is 2.24. The van der Waals surface area contributed by atoms with Crippen LogP contribution in [-0.2, 0) is 19.6 Å². The molecular formula is C21H17Cl2F2N3O6S. The van der Waals surface area contributed by atoms with Crippen LogP contribution < -0.4 is 19.5 Å². The van der Waals surface area contributed by atoms with E-state index in [1.807, 2.05) is 0 Å². The molecule has 1 aromatic heterocycles. The van der Waals surface area contributed by atoms with Crippen molar-refractivity contribution in [1.82, 2.24) is 4.98 Å². The molecule has 3 rings (SSSR count). The van der Waals surface area contributed by atoms with E-state index in [0.29, 0.717) is 0 Å². The number of hydrogen-bond acceptors (Lipinski definition) is 8. The van der Waals surface area contributed by atoms with E-state index in [0.717, 1.165) is 25.3 Å². The second-order valence-corrected chi connectivity index (χ2v) is 9.07. The molecule has 186 valence electrons.